The normalized spacial score (nSPS) is 33.8. The summed E-state index contributed by atoms with van der Waals surface area (Å²) in [5.74, 6) is 1.97. The summed E-state index contributed by atoms with van der Waals surface area (Å²) in [6.07, 6.45) is 5.45. The van der Waals surface area contributed by atoms with E-state index in [4.69, 9.17) is 4.42 Å². The molecule has 94 valence electrons. The van der Waals surface area contributed by atoms with Crippen molar-refractivity contribution < 1.29 is 4.42 Å². The van der Waals surface area contributed by atoms with Gasteiger partial charge in [0, 0.05) is 25.0 Å². The summed E-state index contributed by atoms with van der Waals surface area (Å²) in [6, 6.07) is 5.27. The Morgan fingerprint density at radius 2 is 2.35 bits per heavy atom. The Morgan fingerprint density at radius 1 is 1.47 bits per heavy atom. The number of furan rings is 1. The summed E-state index contributed by atoms with van der Waals surface area (Å²) < 4.78 is 5.41. The molecule has 0 amide bonds. The maximum atomic E-state index is 5.41. The fraction of sp³-hybridized carbons (Fsp3) is 0.714. The van der Waals surface area contributed by atoms with Gasteiger partial charge >= 0.3 is 0 Å². The maximum Gasteiger partial charge on any atom is 0.105 e. The standard InChI is InChI=1S/C14H22N2O/c1-11(9-13-3-2-8-17-13)15-14-5-7-16-6-4-12(14)10-16/h2-3,8,11-12,14-15H,4-7,9-10H2,1H3. The van der Waals surface area contributed by atoms with Gasteiger partial charge in [0.1, 0.15) is 5.76 Å². The average Bonchev–Trinajstić information content (AvgIpc) is 2.93. The SMILES string of the molecule is CC(Cc1ccco1)NC1CCN2CCC1C2. The van der Waals surface area contributed by atoms with Crippen molar-refractivity contribution in [1.82, 2.24) is 10.2 Å². The van der Waals surface area contributed by atoms with Crippen molar-refractivity contribution in [2.75, 3.05) is 19.6 Å². The van der Waals surface area contributed by atoms with Crippen molar-refractivity contribution in [3.05, 3.63) is 24.2 Å². The molecule has 1 N–H and O–H groups in total. The molecule has 0 aliphatic carbocycles. The lowest BCUT2D eigenvalue weighted by Crippen LogP contribution is -2.47. The van der Waals surface area contributed by atoms with Gasteiger partial charge in [0.15, 0.2) is 0 Å². The number of nitrogens with zero attached hydrogens (tertiary/aromatic N) is 1. The van der Waals surface area contributed by atoms with Gasteiger partial charge in [0.05, 0.1) is 6.26 Å². The first kappa shape index (κ1) is 11.3. The number of fused-ring (bicyclic) bond motifs is 2. The Morgan fingerprint density at radius 3 is 3.18 bits per heavy atom. The van der Waals surface area contributed by atoms with E-state index in [0.717, 1.165) is 24.1 Å². The minimum Gasteiger partial charge on any atom is -0.469 e. The predicted molar refractivity (Wildman–Crippen MR) is 68.0 cm³/mol. The van der Waals surface area contributed by atoms with Gasteiger partial charge in [-0.2, -0.15) is 0 Å². The van der Waals surface area contributed by atoms with E-state index in [-0.39, 0.29) is 0 Å². The Hall–Kier alpha value is -0.800. The highest BCUT2D eigenvalue weighted by atomic mass is 16.3. The summed E-state index contributed by atoms with van der Waals surface area (Å²) in [4.78, 5) is 2.60. The van der Waals surface area contributed by atoms with E-state index in [0.29, 0.717) is 6.04 Å². The van der Waals surface area contributed by atoms with Crippen LogP contribution in [0.2, 0.25) is 0 Å². The molecule has 2 aliphatic heterocycles. The van der Waals surface area contributed by atoms with Crippen LogP contribution in [0.5, 0.6) is 0 Å². The van der Waals surface area contributed by atoms with E-state index in [1.54, 1.807) is 6.26 Å². The maximum absolute atomic E-state index is 5.41. The van der Waals surface area contributed by atoms with E-state index < -0.39 is 0 Å². The van der Waals surface area contributed by atoms with Gasteiger partial charge in [-0.05, 0) is 50.9 Å². The highest BCUT2D eigenvalue weighted by Crippen LogP contribution is 2.27. The average molecular weight is 234 g/mol. The second-order valence-electron chi connectivity index (χ2n) is 5.60. The van der Waals surface area contributed by atoms with Crippen LogP contribution in [-0.4, -0.2) is 36.6 Å². The quantitative estimate of drug-likeness (QED) is 0.862. The van der Waals surface area contributed by atoms with Gasteiger partial charge in [0.25, 0.3) is 0 Å². The molecule has 17 heavy (non-hydrogen) atoms. The molecule has 4 atom stereocenters. The minimum absolute atomic E-state index is 0.512. The first-order valence-electron chi connectivity index (χ1n) is 6.82. The van der Waals surface area contributed by atoms with Crippen LogP contribution >= 0.6 is 0 Å². The number of nitrogens with one attached hydrogen (secondary N) is 1. The van der Waals surface area contributed by atoms with Gasteiger partial charge in [-0.25, -0.2) is 0 Å². The highest BCUT2D eigenvalue weighted by Gasteiger charge is 2.34. The van der Waals surface area contributed by atoms with E-state index >= 15 is 0 Å². The molecule has 3 heteroatoms. The van der Waals surface area contributed by atoms with Crippen molar-refractivity contribution in [2.45, 2.75) is 38.3 Å². The molecule has 2 saturated heterocycles. The molecular weight excluding hydrogens is 212 g/mol. The van der Waals surface area contributed by atoms with Crippen molar-refractivity contribution in [2.24, 2.45) is 5.92 Å². The van der Waals surface area contributed by atoms with Crippen LogP contribution in [0.1, 0.15) is 25.5 Å². The lowest BCUT2D eigenvalue weighted by Gasteiger charge is -2.33. The zero-order chi connectivity index (χ0) is 11.7. The summed E-state index contributed by atoms with van der Waals surface area (Å²) in [7, 11) is 0. The van der Waals surface area contributed by atoms with Crippen LogP contribution < -0.4 is 5.32 Å². The topological polar surface area (TPSA) is 28.4 Å². The zero-order valence-corrected chi connectivity index (χ0v) is 10.6. The second kappa shape index (κ2) is 4.83. The molecule has 3 heterocycles. The molecule has 1 aromatic rings. The van der Waals surface area contributed by atoms with Crippen LogP contribution in [0, 0.1) is 5.92 Å². The Balaban J connectivity index is 1.52. The molecule has 1 aromatic heterocycles. The number of hydrogen-bond acceptors (Lipinski definition) is 3. The van der Waals surface area contributed by atoms with Crippen molar-refractivity contribution >= 4 is 0 Å². The van der Waals surface area contributed by atoms with Gasteiger partial charge in [0.2, 0.25) is 0 Å². The minimum atomic E-state index is 0.512. The molecule has 0 radical (unpaired) electrons. The number of hydrogen-bond donors (Lipinski definition) is 1. The molecule has 0 saturated carbocycles. The van der Waals surface area contributed by atoms with E-state index in [2.05, 4.69) is 23.2 Å². The van der Waals surface area contributed by atoms with Crippen LogP contribution in [0.25, 0.3) is 0 Å². The van der Waals surface area contributed by atoms with Crippen molar-refractivity contribution in [3.8, 4) is 0 Å². The van der Waals surface area contributed by atoms with Crippen molar-refractivity contribution in [3.63, 3.8) is 0 Å². The second-order valence-corrected chi connectivity index (χ2v) is 5.60. The molecule has 2 aliphatic rings. The summed E-state index contributed by atoms with van der Waals surface area (Å²) in [5.41, 5.74) is 0. The Labute approximate surface area is 103 Å². The molecule has 0 aromatic carbocycles. The molecule has 2 fully saturated rings. The summed E-state index contributed by atoms with van der Waals surface area (Å²) in [6.45, 7) is 6.17. The third-order valence-corrected chi connectivity index (χ3v) is 4.22. The number of piperidine rings is 1. The first-order valence-corrected chi connectivity index (χ1v) is 6.82. The van der Waals surface area contributed by atoms with E-state index in [1.165, 1.54) is 32.5 Å². The predicted octanol–water partition coefficient (Wildman–Crippen LogP) is 1.89. The van der Waals surface area contributed by atoms with Crippen LogP contribution in [0.4, 0.5) is 0 Å². The van der Waals surface area contributed by atoms with E-state index in [9.17, 15) is 0 Å². The van der Waals surface area contributed by atoms with Crippen molar-refractivity contribution in [1.29, 1.82) is 0 Å². The first-order chi connectivity index (χ1) is 8.31. The van der Waals surface area contributed by atoms with Gasteiger partial charge in [-0.15, -0.1) is 0 Å². The summed E-state index contributed by atoms with van der Waals surface area (Å²) >= 11 is 0. The van der Waals surface area contributed by atoms with Crippen LogP contribution in [0.3, 0.4) is 0 Å². The monoisotopic (exact) mass is 234 g/mol. The zero-order valence-electron chi connectivity index (χ0n) is 10.6. The van der Waals surface area contributed by atoms with Gasteiger partial charge < -0.3 is 14.6 Å². The van der Waals surface area contributed by atoms with Crippen LogP contribution in [0.15, 0.2) is 22.8 Å². The molecule has 0 spiro atoms. The third kappa shape index (κ3) is 2.55. The highest BCUT2D eigenvalue weighted by molar-refractivity contribution is 5.01. The van der Waals surface area contributed by atoms with Gasteiger partial charge in [-0.1, -0.05) is 0 Å². The third-order valence-electron chi connectivity index (χ3n) is 4.22. The Bertz CT molecular complexity index is 349. The molecule has 3 rings (SSSR count). The fourth-order valence-corrected chi connectivity index (χ4v) is 3.33. The lowest BCUT2D eigenvalue weighted by atomic mass is 9.93. The van der Waals surface area contributed by atoms with Crippen LogP contribution in [-0.2, 0) is 6.42 Å². The lowest BCUT2D eigenvalue weighted by molar-refractivity contribution is 0.210. The molecule has 4 unspecified atom stereocenters. The fourth-order valence-electron chi connectivity index (χ4n) is 3.33. The molecule has 3 nitrogen and oxygen atoms in total. The summed E-state index contributed by atoms with van der Waals surface area (Å²) in [5, 5.41) is 3.80. The molecule has 2 bridgehead atoms. The smallest absolute Gasteiger partial charge is 0.105 e. The number of rotatable bonds is 4. The largest absolute Gasteiger partial charge is 0.469 e. The van der Waals surface area contributed by atoms with E-state index in [1.807, 2.05) is 6.07 Å². The molecular formula is C14H22N2O. The Kier molecular flexibility index (Phi) is 3.21. The van der Waals surface area contributed by atoms with Gasteiger partial charge in [-0.3, -0.25) is 0 Å².